The molecule has 0 bridgehead atoms. The summed E-state index contributed by atoms with van der Waals surface area (Å²) < 4.78 is 25.8. The van der Waals surface area contributed by atoms with Crippen LogP contribution in [-0.2, 0) is 4.79 Å². The van der Waals surface area contributed by atoms with Gasteiger partial charge in [0, 0.05) is 9.77 Å². The van der Waals surface area contributed by atoms with E-state index < -0.39 is 11.6 Å². The molecule has 0 aliphatic rings. The number of thioether (sulfide) groups is 1. The fraction of sp³-hybridized carbons (Fsp3) is 0.214. The van der Waals surface area contributed by atoms with Crippen LogP contribution in [0.25, 0.3) is 0 Å². The van der Waals surface area contributed by atoms with Gasteiger partial charge in [-0.3, -0.25) is 4.79 Å². The molecule has 106 valence electrons. The van der Waals surface area contributed by atoms with Gasteiger partial charge in [-0.2, -0.15) is 0 Å². The van der Waals surface area contributed by atoms with Crippen molar-refractivity contribution in [2.45, 2.75) is 17.9 Å². The first-order valence-corrected chi connectivity index (χ1v) is 7.83. The normalized spacial score (nSPS) is 12.2. The smallest absolute Gasteiger partial charge is 0.230 e. The first kappa shape index (κ1) is 15.0. The molecule has 1 heterocycles. The largest absolute Gasteiger partial charge is 0.348 e. The van der Waals surface area contributed by atoms with Gasteiger partial charge in [-0.05, 0) is 36.6 Å². The molecule has 2 rings (SSSR count). The van der Waals surface area contributed by atoms with Gasteiger partial charge >= 0.3 is 0 Å². The second-order valence-electron chi connectivity index (χ2n) is 4.17. The third-order valence-electron chi connectivity index (χ3n) is 2.61. The number of carbonyl (C=O) groups excluding carboxylic acids is 1. The van der Waals surface area contributed by atoms with Crippen LogP contribution >= 0.6 is 23.1 Å². The summed E-state index contributed by atoms with van der Waals surface area (Å²) in [4.78, 5) is 13.4. The Balaban J connectivity index is 1.84. The molecule has 1 atom stereocenters. The SMILES string of the molecule is CC(NC(=O)CSc1ccc(F)c(F)c1)c1cccs1. The summed E-state index contributed by atoms with van der Waals surface area (Å²) in [6, 6.07) is 7.45. The van der Waals surface area contributed by atoms with Gasteiger partial charge in [0.15, 0.2) is 11.6 Å². The Morgan fingerprint density at radius 2 is 2.15 bits per heavy atom. The molecule has 1 aromatic heterocycles. The van der Waals surface area contributed by atoms with Gasteiger partial charge in [0.25, 0.3) is 0 Å². The second kappa shape index (κ2) is 6.85. The third kappa shape index (κ3) is 4.05. The number of benzene rings is 1. The van der Waals surface area contributed by atoms with Crippen LogP contribution in [-0.4, -0.2) is 11.7 Å². The lowest BCUT2D eigenvalue weighted by Crippen LogP contribution is -2.27. The lowest BCUT2D eigenvalue weighted by atomic mass is 10.3. The highest BCUT2D eigenvalue weighted by molar-refractivity contribution is 8.00. The zero-order valence-electron chi connectivity index (χ0n) is 10.7. The molecule has 1 aromatic carbocycles. The standard InChI is InChI=1S/C14H13F2NOS2/c1-9(13-3-2-6-19-13)17-14(18)8-20-10-4-5-11(15)12(16)7-10/h2-7,9H,8H2,1H3,(H,17,18). The van der Waals surface area contributed by atoms with Crippen LogP contribution in [0, 0.1) is 11.6 Å². The van der Waals surface area contributed by atoms with Gasteiger partial charge < -0.3 is 5.32 Å². The van der Waals surface area contributed by atoms with E-state index in [2.05, 4.69) is 5.32 Å². The van der Waals surface area contributed by atoms with Crippen molar-refractivity contribution in [1.82, 2.24) is 5.32 Å². The fourth-order valence-electron chi connectivity index (χ4n) is 1.61. The zero-order valence-corrected chi connectivity index (χ0v) is 12.4. The van der Waals surface area contributed by atoms with E-state index in [9.17, 15) is 13.6 Å². The van der Waals surface area contributed by atoms with E-state index >= 15 is 0 Å². The molecule has 0 fully saturated rings. The molecular weight excluding hydrogens is 300 g/mol. The molecular formula is C14H13F2NOS2. The predicted octanol–water partition coefficient (Wildman–Crippen LogP) is 4.00. The summed E-state index contributed by atoms with van der Waals surface area (Å²) in [5.74, 6) is -1.76. The van der Waals surface area contributed by atoms with Crippen LogP contribution in [0.15, 0.2) is 40.6 Å². The summed E-state index contributed by atoms with van der Waals surface area (Å²) >= 11 is 2.75. The summed E-state index contributed by atoms with van der Waals surface area (Å²) in [5, 5.41) is 4.81. The van der Waals surface area contributed by atoms with Gasteiger partial charge in [0.05, 0.1) is 11.8 Å². The first-order chi connectivity index (χ1) is 9.56. The van der Waals surface area contributed by atoms with Crippen LogP contribution in [0.2, 0.25) is 0 Å². The number of thiophene rings is 1. The van der Waals surface area contributed by atoms with Crippen molar-refractivity contribution >= 4 is 29.0 Å². The maximum Gasteiger partial charge on any atom is 0.230 e. The lowest BCUT2D eigenvalue weighted by Gasteiger charge is -2.12. The monoisotopic (exact) mass is 313 g/mol. The van der Waals surface area contributed by atoms with Crippen molar-refractivity contribution in [2.75, 3.05) is 5.75 Å². The van der Waals surface area contributed by atoms with Crippen molar-refractivity contribution in [2.24, 2.45) is 0 Å². The zero-order chi connectivity index (χ0) is 14.5. The van der Waals surface area contributed by atoms with Crippen molar-refractivity contribution in [3.8, 4) is 0 Å². The summed E-state index contributed by atoms with van der Waals surface area (Å²) in [5.41, 5.74) is 0. The molecule has 1 N–H and O–H groups in total. The molecule has 0 saturated carbocycles. The van der Waals surface area contributed by atoms with Crippen LogP contribution in [0.3, 0.4) is 0 Å². The number of amides is 1. The van der Waals surface area contributed by atoms with E-state index in [-0.39, 0.29) is 17.7 Å². The van der Waals surface area contributed by atoms with Crippen molar-refractivity contribution in [1.29, 1.82) is 0 Å². The summed E-state index contributed by atoms with van der Waals surface area (Å²) in [6.07, 6.45) is 0. The molecule has 1 unspecified atom stereocenters. The Kier molecular flexibility index (Phi) is 5.14. The Morgan fingerprint density at radius 1 is 1.35 bits per heavy atom. The predicted molar refractivity (Wildman–Crippen MR) is 78.0 cm³/mol. The van der Waals surface area contributed by atoms with Crippen molar-refractivity contribution in [3.05, 3.63) is 52.2 Å². The number of hydrogen-bond acceptors (Lipinski definition) is 3. The maximum absolute atomic E-state index is 13.0. The molecule has 2 nitrogen and oxygen atoms in total. The number of hydrogen-bond donors (Lipinski definition) is 1. The minimum Gasteiger partial charge on any atom is -0.348 e. The minimum atomic E-state index is -0.901. The second-order valence-corrected chi connectivity index (χ2v) is 6.20. The number of nitrogens with one attached hydrogen (secondary N) is 1. The fourth-order valence-corrected chi connectivity index (χ4v) is 3.07. The Hall–Kier alpha value is -1.40. The van der Waals surface area contributed by atoms with Gasteiger partial charge in [0.1, 0.15) is 0 Å². The Bertz CT molecular complexity index is 587. The van der Waals surface area contributed by atoms with E-state index in [0.29, 0.717) is 4.90 Å². The van der Waals surface area contributed by atoms with Gasteiger partial charge in [0.2, 0.25) is 5.91 Å². The molecule has 0 spiro atoms. The van der Waals surface area contributed by atoms with E-state index in [1.807, 2.05) is 24.4 Å². The lowest BCUT2D eigenvalue weighted by molar-refractivity contribution is -0.119. The topological polar surface area (TPSA) is 29.1 Å². The Morgan fingerprint density at radius 3 is 2.80 bits per heavy atom. The van der Waals surface area contributed by atoms with E-state index in [4.69, 9.17) is 0 Å². The maximum atomic E-state index is 13.0. The van der Waals surface area contributed by atoms with Crippen molar-refractivity contribution < 1.29 is 13.6 Å². The molecule has 6 heteroatoms. The summed E-state index contributed by atoms with van der Waals surface area (Å²) in [6.45, 7) is 1.91. The van der Waals surface area contributed by atoms with E-state index in [1.165, 1.54) is 17.8 Å². The highest BCUT2D eigenvalue weighted by Crippen LogP contribution is 2.21. The highest BCUT2D eigenvalue weighted by atomic mass is 32.2. The van der Waals surface area contributed by atoms with Crippen LogP contribution in [0.4, 0.5) is 8.78 Å². The minimum absolute atomic E-state index is 0.0481. The van der Waals surface area contributed by atoms with Gasteiger partial charge in [-0.15, -0.1) is 23.1 Å². The third-order valence-corrected chi connectivity index (χ3v) is 4.66. The Labute approximate surface area is 124 Å². The average Bonchev–Trinajstić information content (AvgIpc) is 2.94. The average molecular weight is 313 g/mol. The van der Waals surface area contributed by atoms with E-state index in [0.717, 1.165) is 17.0 Å². The highest BCUT2D eigenvalue weighted by Gasteiger charge is 2.11. The first-order valence-electron chi connectivity index (χ1n) is 5.97. The molecule has 0 saturated heterocycles. The van der Waals surface area contributed by atoms with Gasteiger partial charge in [-0.25, -0.2) is 8.78 Å². The number of rotatable bonds is 5. The van der Waals surface area contributed by atoms with Crippen LogP contribution < -0.4 is 5.32 Å². The molecule has 1 amide bonds. The number of halogens is 2. The van der Waals surface area contributed by atoms with Crippen LogP contribution in [0.5, 0.6) is 0 Å². The summed E-state index contributed by atoms with van der Waals surface area (Å²) in [7, 11) is 0. The molecule has 2 aromatic rings. The molecule has 20 heavy (non-hydrogen) atoms. The quantitative estimate of drug-likeness (QED) is 0.846. The van der Waals surface area contributed by atoms with Crippen LogP contribution in [0.1, 0.15) is 17.8 Å². The number of carbonyl (C=O) groups is 1. The van der Waals surface area contributed by atoms with Crippen molar-refractivity contribution in [3.63, 3.8) is 0 Å². The molecule has 0 aliphatic carbocycles. The van der Waals surface area contributed by atoms with E-state index in [1.54, 1.807) is 11.3 Å². The molecule has 0 radical (unpaired) electrons. The molecule has 0 aliphatic heterocycles. The van der Waals surface area contributed by atoms with Gasteiger partial charge in [-0.1, -0.05) is 6.07 Å².